The van der Waals surface area contributed by atoms with Gasteiger partial charge in [0.25, 0.3) is 11.8 Å². The van der Waals surface area contributed by atoms with Crippen LogP contribution in [0.2, 0.25) is 0 Å². The SMILES string of the molecule is COc1ccc(-c2noc(-c3ccccc3C(=O)Nc3ccc(C)cc3)n2)cc1OC. The largest absolute Gasteiger partial charge is 0.493 e. The fraction of sp³-hybridized carbons (Fsp3) is 0.125. The van der Waals surface area contributed by atoms with Gasteiger partial charge in [-0.3, -0.25) is 4.79 Å². The number of anilines is 1. The second-order valence-corrected chi connectivity index (χ2v) is 6.86. The zero-order valence-corrected chi connectivity index (χ0v) is 17.4. The minimum atomic E-state index is -0.259. The van der Waals surface area contributed by atoms with Crippen LogP contribution in [0.15, 0.2) is 71.3 Å². The van der Waals surface area contributed by atoms with Crippen LogP contribution in [0.25, 0.3) is 22.8 Å². The summed E-state index contributed by atoms with van der Waals surface area (Å²) in [6, 6.07) is 20.1. The Labute approximate surface area is 179 Å². The molecule has 3 aromatic carbocycles. The number of rotatable bonds is 6. The molecule has 0 bridgehead atoms. The molecule has 0 aliphatic rings. The lowest BCUT2D eigenvalue weighted by molar-refractivity contribution is 0.102. The Morgan fingerprint density at radius 3 is 2.42 bits per heavy atom. The Bertz CT molecular complexity index is 1220. The quantitative estimate of drug-likeness (QED) is 0.478. The minimum Gasteiger partial charge on any atom is -0.493 e. The lowest BCUT2D eigenvalue weighted by atomic mass is 10.1. The van der Waals surface area contributed by atoms with Gasteiger partial charge in [-0.2, -0.15) is 4.98 Å². The molecule has 0 aliphatic carbocycles. The van der Waals surface area contributed by atoms with E-state index in [2.05, 4.69) is 15.5 Å². The number of amides is 1. The van der Waals surface area contributed by atoms with Crippen molar-refractivity contribution in [3.05, 3.63) is 77.9 Å². The fourth-order valence-corrected chi connectivity index (χ4v) is 3.13. The Kier molecular flexibility index (Phi) is 5.66. The van der Waals surface area contributed by atoms with E-state index in [1.54, 1.807) is 44.6 Å². The Morgan fingerprint density at radius 1 is 0.935 bits per heavy atom. The van der Waals surface area contributed by atoms with Gasteiger partial charge in [0.05, 0.1) is 25.3 Å². The zero-order chi connectivity index (χ0) is 21.8. The second kappa shape index (κ2) is 8.71. The van der Waals surface area contributed by atoms with Crippen molar-refractivity contribution in [1.29, 1.82) is 0 Å². The van der Waals surface area contributed by atoms with Gasteiger partial charge in [-0.1, -0.05) is 35.0 Å². The van der Waals surface area contributed by atoms with Crippen LogP contribution < -0.4 is 14.8 Å². The number of nitrogens with one attached hydrogen (secondary N) is 1. The smallest absolute Gasteiger partial charge is 0.259 e. The van der Waals surface area contributed by atoms with E-state index in [4.69, 9.17) is 14.0 Å². The summed E-state index contributed by atoms with van der Waals surface area (Å²) in [6.07, 6.45) is 0. The van der Waals surface area contributed by atoms with E-state index in [0.29, 0.717) is 39.7 Å². The van der Waals surface area contributed by atoms with Crippen molar-refractivity contribution in [3.8, 4) is 34.3 Å². The molecule has 0 unspecified atom stereocenters. The van der Waals surface area contributed by atoms with Gasteiger partial charge < -0.3 is 19.3 Å². The molecule has 156 valence electrons. The molecular weight excluding hydrogens is 394 g/mol. The maximum absolute atomic E-state index is 12.9. The highest BCUT2D eigenvalue weighted by atomic mass is 16.5. The first-order valence-corrected chi connectivity index (χ1v) is 9.62. The van der Waals surface area contributed by atoms with Gasteiger partial charge in [0.1, 0.15) is 0 Å². The van der Waals surface area contributed by atoms with Gasteiger partial charge in [0.15, 0.2) is 11.5 Å². The van der Waals surface area contributed by atoms with Gasteiger partial charge in [-0.25, -0.2) is 0 Å². The van der Waals surface area contributed by atoms with Crippen molar-refractivity contribution in [1.82, 2.24) is 10.1 Å². The van der Waals surface area contributed by atoms with Crippen molar-refractivity contribution < 1.29 is 18.8 Å². The molecule has 1 amide bonds. The third-order valence-electron chi connectivity index (χ3n) is 4.78. The molecule has 0 aliphatic heterocycles. The number of ether oxygens (including phenoxy) is 2. The van der Waals surface area contributed by atoms with Crippen molar-refractivity contribution >= 4 is 11.6 Å². The number of aromatic nitrogens is 2. The predicted octanol–water partition coefficient (Wildman–Crippen LogP) is 4.98. The normalized spacial score (nSPS) is 10.5. The first-order valence-electron chi connectivity index (χ1n) is 9.62. The molecule has 0 fully saturated rings. The van der Waals surface area contributed by atoms with E-state index in [1.807, 2.05) is 43.3 Å². The lowest BCUT2D eigenvalue weighted by Crippen LogP contribution is -2.13. The molecule has 7 nitrogen and oxygen atoms in total. The van der Waals surface area contributed by atoms with Crippen molar-refractivity contribution in [2.45, 2.75) is 6.92 Å². The lowest BCUT2D eigenvalue weighted by Gasteiger charge is -2.08. The third-order valence-corrected chi connectivity index (χ3v) is 4.78. The Hall–Kier alpha value is -4.13. The van der Waals surface area contributed by atoms with Crippen LogP contribution in [0.5, 0.6) is 11.5 Å². The van der Waals surface area contributed by atoms with Crippen LogP contribution in [0.3, 0.4) is 0 Å². The van der Waals surface area contributed by atoms with Crippen LogP contribution in [-0.2, 0) is 0 Å². The summed E-state index contributed by atoms with van der Waals surface area (Å²) >= 11 is 0. The summed E-state index contributed by atoms with van der Waals surface area (Å²) in [4.78, 5) is 17.4. The van der Waals surface area contributed by atoms with E-state index in [0.717, 1.165) is 5.56 Å². The van der Waals surface area contributed by atoms with Gasteiger partial charge in [0.2, 0.25) is 5.82 Å². The van der Waals surface area contributed by atoms with Crippen molar-refractivity contribution in [3.63, 3.8) is 0 Å². The van der Waals surface area contributed by atoms with Gasteiger partial charge in [-0.15, -0.1) is 0 Å². The van der Waals surface area contributed by atoms with Crippen LogP contribution in [-0.4, -0.2) is 30.3 Å². The van der Waals surface area contributed by atoms with E-state index in [-0.39, 0.29) is 11.8 Å². The first kappa shape index (κ1) is 20.2. The molecule has 31 heavy (non-hydrogen) atoms. The van der Waals surface area contributed by atoms with Gasteiger partial charge in [-0.05, 0) is 49.4 Å². The van der Waals surface area contributed by atoms with E-state index in [1.165, 1.54) is 0 Å². The standard InChI is InChI=1S/C24H21N3O4/c1-15-8-11-17(12-9-15)25-23(28)18-6-4-5-7-19(18)24-26-22(27-31-24)16-10-13-20(29-2)21(14-16)30-3/h4-14H,1-3H3,(H,25,28). The molecule has 0 radical (unpaired) electrons. The molecule has 1 aromatic heterocycles. The summed E-state index contributed by atoms with van der Waals surface area (Å²) in [5, 5.41) is 6.98. The maximum Gasteiger partial charge on any atom is 0.259 e. The monoisotopic (exact) mass is 415 g/mol. The second-order valence-electron chi connectivity index (χ2n) is 6.86. The van der Waals surface area contributed by atoms with E-state index < -0.39 is 0 Å². The summed E-state index contributed by atoms with van der Waals surface area (Å²) in [5.41, 5.74) is 3.51. The average molecular weight is 415 g/mol. The van der Waals surface area contributed by atoms with Crippen molar-refractivity contribution in [2.24, 2.45) is 0 Å². The number of aryl methyl sites for hydroxylation is 1. The Balaban J connectivity index is 1.64. The number of benzene rings is 3. The number of carbonyl (C=O) groups excluding carboxylic acids is 1. The predicted molar refractivity (Wildman–Crippen MR) is 117 cm³/mol. The van der Waals surface area contributed by atoms with Gasteiger partial charge in [0, 0.05) is 11.3 Å². The molecule has 1 heterocycles. The maximum atomic E-state index is 12.9. The topological polar surface area (TPSA) is 86.5 Å². The average Bonchev–Trinajstić information content (AvgIpc) is 3.30. The number of nitrogens with zero attached hydrogens (tertiary/aromatic N) is 2. The summed E-state index contributed by atoms with van der Waals surface area (Å²) in [5.74, 6) is 1.53. The van der Waals surface area contributed by atoms with Crippen LogP contribution >= 0.6 is 0 Å². The van der Waals surface area contributed by atoms with E-state index >= 15 is 0 Å². The van der Waals surface area contributed by atoms with E-state index in [9.17, 15) is 4.79 Å². The number of carbonyl (C=O) groups is 1. The van der Waals surface area contributed by atoms with Crippen LogP contribution in [0.1, 0.15) is 15.9 Å². The molecule has 4 rings (SSSR count). The highest BCUT2D eigenvalue weighted by Gasteiger charge is 2.19. The highest BCUT2D eigenvalue weighted by Crippen LogP contribution is 2.32. The molecule has 4 aromatic rings. The summed E-state index contributed by atoms with van der Waals surface area (Å²) in [6.45, 7) is 1.99. The van der Waals surface area contributed by atoms with Crippen LogP contribution in [0.4, 0.5) is 5.69 Å². The fourth-order valence-electron chi connectivity index (χ4n) is 3.13. The molecule has 0 atom stereocenters. The van der Waals surface area contributed by atoms with Crippen LogP contribution in [0, 0.1) is 6.92 Å². The van der Waals surface area contributed by atoms with Crippen molar-refractivity contribution in [2.75, 3.05) is 19.5 Å². The molecular formula is C24H21N3O4. The molecule has 0 spiro atoms. The molecule has 7 heteroatoms. The first-order chi connectivity index (χ1) is 15.1. The number of hydrogen-bond donors (Lipinski definition) is 1. The Morgan fingerprint density at radius 2 is 1.68 bits per heavy atom. The minimum absolute atomic E-state index is 0.249. The summed E-state index contributed by atoms with van der Waals surface area (Å²) in [7, 11) is 3.13. The summed E-state index contributed by atoms with van der Waals surface area (Å²) < 4.78 is 16.1. The molecule has 0 saturated heterocycles. The zero-order valence-electron chi connectivity index (χ0n) is 17.4. The number of methoxy groups -OCH3 is 2. The molecule has 1 N–H and O–H groups in total. The third kappa shape index (κ3) is 4.25. The number of hydrogen-bond acceptors (Lipinski definition) is 6. The molecule has 0 saturated carbocycles. The highest BCUT2D eigenvalue weighted by molar-refractivity contribution is 6.08. The van der Waals surface area contributed by atoms with Gasteiger partial charge >= 0.3 is 0 Å².